The van der Waals surface area contributed by atoms with Gasteiger partial charge in [-0.1, -0.05) is 19.1 Å². The van der Waals surface area contributed by atoms with Gasteiger partial charge in [-0.25, -0.2) is 4.39 Å². The largest absolute Gasteiger partial charge is 0.381 e. The zero-order valence-electron chi connectivity index (χ0n) is 11.3. The predicted octanol–water partition coefficient (Wildman–Crippen LogP) is 3.36. The Morgan fingerprint density at radius 1 is 1.33 bits per heavy atom. The molecule has 2 atom stereocenters. The first-order chi connectivity index (χ1) is 8.68. The van der Waals surface area contributed by atoms with Crippen LogP contribution >= 0.6 is 0 Å². The summed E-state index contributed by atoms with van der Waals surface area (Å²) in [7, 11) is 0. The molecule has 0 amide bonds. The molecule has 1 aliphatic heterocycles. The van der Waals surface area contributed by atoms with E-state index in [1.54, 1.807) is 12.1 Å². The molecule has 0 radical (unpaired) electrons. The third-order valence-electron chi connectivity index (χ3n) is 4.09. The van der Waals surface area contributed by atoms with Gasteiger partial charge in [-0.15, -0.1) is 0 Å². The van der Waals surface area contributed by atoms with Crippen LogP contribution in [0, 0.1) is 11.7 Å². The summed E-state index contributed by atoms with van der Waals surface area (Å²) in [6.07, 6.45) is 2.61. The Bertz CT molecular complexity index is 381. The molecular formula is C15H23FN2. The molecule has 1 N–H and O–H groups in total. The molecule has 2 unspecified atom stereocenters. The molecule has 100 valence electrons. The van der Waals surface area contributed by atoms with Crippen LogP contribution in [-0.4, -0.2) is 30.6 Å². The Labute approximate surface area is 109 Å². The van der Waals surface area contributed by atoms with Gasteiger partial charge in [0.25, 0.3) is 0 Å². The maximum Gasteiger partial charge on any atom is 0.146 e. The van der Waals surface area contributed by atoms with Crippen LogP contribution in [0.5, 0.6) is 0 Å². The van der Waals surface area contributed by atoms with E-state index in [-0.39, 0.29) is 5.82 Å². The first kappa shape index (κ1) is 13.3. The predicted molar refractivity (Wildman–Crippen MR) is 74.3 cm³/mol. The summed E-state index contributed by atoms with van der Waals surface area (Å²) in [5.74, 6) is 0.602. The number of anilines is 1. The highest BCUT2D eigenvalue weighted by Gasteiger charge is 2.23. The molecule has 18 heavy (non-hydrogen) atoms. The van der Waals surface area contributed by atoms with Crippen molar-refractivity contribution in [1.29, 1.82) is 0 Å². The highest BCUT2D eigenvalue weighted by atomic mass is 19.1. The molecule has 1 aliphatic rings. The molecule has 1 aromatic rings. The van der Waals surface area contributed by atoms with Crippen molar-refractivity contribution >= 4 is 5.69 Å². The second-order valence-corrected chi connectivity index (χ2v) is 5.30. The van der Waals surface area contributed by atoms with E-state index < -0.39 is 0 Å². The van der Waals surface area contributed by atoms with E-state index in [0.29, 0.717) is 11.7 Å². The van der Waals surface area contributed by atoms with Crippen LogP contribution in [0.25, 0.3) is 0 Å². The Morgan fingerprint density at radius 3 is 2.89 bits per heavy atom. The Hall–Kier alpha value is -1.09. The van der Waals surface area contributed by atoms with E-state index >= 15 is 0 Å². The summed E-state index contributed by atoms with van der Waals surface area (Å²) in [6.45, 7) is 7.58. The molecule has 0 bridgehead atoms. The van der Waals surface area contributed by atoms with Gasteiger partial charge in [-0.3, -0.25) is 4.90 Å². The van der Waals surface area contributed by atoms with Gasteiger partial charge in [-0.05, 0) is 44.4 Å². The summed E-state index contributed by atoms with van der Waals surface area (Å²) >= 11 is 0. The minimum Gasteiger partial charge on any atom is -0.381 e. The minimum absolute atomic E-state index is 0.169. The number of piperidine rings is 1. The van der Waals surface area contributed by atoms with Crippen LogP contribution in [0.15, 0.2) is 24.3 Å². The fourth-order valence-electron chi connectivity index (χ4n) is 2.68. The maximum absolute atomic E-state index is 13.4. The van der Waals surface area contributed by atoms with Gasteiger partial charge < -0.3 is 5.32 Å². The zero-order valence-corrected chi connectivity index (χ0v) is 11.3. The summed E-state index contributed by atoms with van der Waals surface area (Å²) < 4.78 is 13.4. The van der Waals surface area contributed by atoms with Gasteiger partial charge in [0.05, 0.1) is 5.69 Å². The van der Waals surface area contributed by atoms with Crippen molar-refractivity contribution in [3.8, 4) is 0 Å². The van der Waals surface area contributed by atoms with E-state index in [1.165, 1.54) is 25.5 Å². The van der Waals surface area contributed by atoms with Crippen molar-refractivity contribution in [3.05, 3.63) is 30.1 Å². The molecular weight excluding hydrogens is 227 g/mol. The fourth-order valence-corrected chi connectivity index (χ4v) is 2.68. The normalized spacial score (nSPS) is 25.1. The van der Waals surface area contributed by atoms with Crippen LogP contribution in [-0.2, 0) is 0 Å². The van der Waals surface area contributed by atoms with Crippen molar-refractivity contribution in [2.24, 2.45) is 5.92 Å². The second kappa shape index (κ2) is 6.19. The number of para-hydroxylation sites is 1. The van der Waals surface area contributed by atoms with Gasteiger partial charge in [-0.2, -0.15) is 0 Å². The number of hydrogen-bond acceptors (Lipinski definition) is 2. The van der Waals surface area contributed by atoms with E-state index in [2.05, 4.69) is 24.1 Å². The van der Waals surface area contributed by atoms with Crippen molar-refractivity contribution in [1.82, 2.24) is 4.90 Å². The first-order valence-electron chi connectivity index (χ1n) is 6.91. The van der Waals surface area contributed by atoms with E-state index in [1.807, 2.05) is 6.07 Å². The number of nitrogens with one attached hydrogen (secondary N) is 1. The van der Waals surface area contributed by atoms with Crippen LogP contribution in [0.1, 0.15) is 26.7 Å². The Morgan fingerprint density at radius 2 is 2.11 bits per heavy atom. The molecule has 2 rings (SSSR count). The van der Waals surface area contributed by atoms with Gasteiger partial charge in [0.2, 0.25) is 0 Å². The van der Waals surface area contributed by atoms with Crippen molar-refractivity contribution < 1.29 is 4.39 Å². The van der Waals surface area contributed by atoms with Crippen LogP contribution in [0.3, 0.4) is 0 Å². The van der Waals surface area contributed by atoms with Gasteiger partial charge >= 0.3 is 0 Å². The number of hydrogen-bond donors (Lipinski definition) is 1. The summed E-state index contributed by atoms with van der Waals surface area (Å²) in [5.41, 5.74) is 0.607. The third kappa shape index (κ3) is 3.22. The lowest BCUT2D eigenvalue weighted by molar-refractivity contribution is 0.119. The number of nitrogens with zero attached hydrogens (tertiary/aromatic N) is 1. The first-order valence-corrected chi connectivity index (χ1v) is 6.91. The van der Waals surface area contributed by atoms with Crippen LogP contribution < -0.4 is 5.32 Å². The highest BCUT2D eigenvalue weighted by molar-refractivity contribution is 5.44. The minimum atomic E-state index is -0.169. The smallest absolute Gasteiger partial charge is 0.146 e. The molecule has 1 heterocycles. The topological polar surface area (TPSA) is 15.3 Å². The average Bonchev–Trinajstić information content (AvgIpc) is 2.37. The zero-order chi connectivity index (χ0) is 13.0. The van der Waals surface area contributed by atoms with E-state index in [9.17, 15) is 4.39 Å². The van der Waals surface area contributed by atoms with E-state index in [4.69, 9.17) is 0 Å². The van der Waals surface area contributed by atoms with Crippen molar-refractivity contribution in [2.45, 2.75) is 32.7 Å². The molecule has 1 fully saturated rings. The molecule has 2 nitrogen and oxygen atoms in total. The molecule has 0 saturated carbocycles. The fraction of sp³-hybridized carbons (Fsp3) is 0.600. The van der Waals surface area contributed by atoms with Crippen molar-refractivity contribution in [2.75, 3.05) is 25.0 Å². The maximum atomic E-state index is 13.4. The number of halogens is 1. The summed E-state index contributed by atoms with van der Waals surface area (Å²) in [4.78, 5) is 2.50. The van der Waals surface area contributed by atoms with Crippen LogP contribution in [0.4, 0.5) is 10.1 Å². The lowest BCUT2D eigenvalue weighted by atomic mass is 9.92. The molecule has 0 aliphatic carbocycles. The second-order valence-electron chi connectivity index (χ2n) is 5.30. The van der Waals surface area contributed by atoms with Gasteiger partial charge in [0.15, 0.2) is 0 Å². The quantitative estimate of drug-likeness (QED) is 0.881. The molecule has 0 aromatic heterocycles. The molecule has 0 spiro atoms. The highest BCUT2D eigenvalue weighted by Crippen LogP contribution is 2.22. The van der Waals surface area contributed by atoms with Gasteiger partial charge in [0.1, 0.15) is 5.82 Å². The average molecular weight is 250 g/mol. The molecule has 3 heteroatoms. The number of benzene rings is 1. The molecule has 1 saturated heterocycles. The Balaban J connectivity index is 1.80. The SMILES string of the molecule is CC1CCCN(CCNc2ccccc2F)C1C. The number of rotatable bonds is 4. The lowest BCUT2D eigenvalue weighted by Gasteiger charge is -2.38. The summed E-state index contributed by atoms with van der Waals surface area (Å²) in [5, 5.41) is 3.18. The van der Waals surface area contributed by atoms with E-state index in [0.717, 1.165) is 19.0 Å². The number of likely N-dealkylation sites (tertiary alicyclic amines) is 1. The third-order valence-corrected chi connectivity index (χ3v) is 4.09. The summed E-state index contributed by atoms with van der Waals surface area (Å²) in [6, 6.07) is 7.50. The molecule has 1 aromatic carbocycles. The van der Waals surface area contributed by atoms with Crippen molar-refractivity contribution in [3.63, 3.8) is 0 Å². The Kier molecular flexibility index (Phi) is 4.59. The monoisotopic (exact) mass is 250 g/mol. The van der Waals surface area contributed by atoms with Gasteiger partial charge in [0, 0.05) is 19.1 Å². The lowest BCUT2D eigenvalue weighted by Crippen LogP contribution is -2.44. The standard InChI is InChI=1S/C15H23FN2/c1-12-6-5-10-18(13(12)2)11-9-17-15-8-4-3-7-14(15)16/h3-4,7-8,12-13,17H,5-6,9-11H2,1-2H3. The van der Waals surface area contributed by atoms with Crippen LogP contribution in [0.2, 0.25) is 0 Å².